The van der Waals surface area contributed by atoms with E-state index in [1.165, 1.54) is 29.7 Å². The zero-order valence-corrected chi connectivity index (χ0v) is 12.7. The molecule has 0 atom stereocenters. The highest BCUT2D eigenvalue weighted by Crippen LogP contribution is 2.29. The number of ketones is 1. The van der Waals surface area contributed by atoms with Crippen molar-refractivity contribution in [2.75, 3.05) is 0 Å². The molecule has 20 heavy (non-hydrogen) atoms. The summed E-state index contributed by atoms with van der Waals surface area (Å²) in [4.78, 5) is 14.8. The van der Waals surface area contributed by atoms with Crippen molar-refractivity contribution in [2.24, 2.45) is 0 Å². The first kappa shape index (κ1) is 13.6. The molecule has 0 fully saturated rings. The first-order chi connectivity index (χ1) is 9.76. The van der Waals surface area contributed by atoms with Crippen LogP contribution in [0.2, 0.25) is 0 Å². The van der Waals surface area contributed by atoms with Gasteiger partial charge in [-0.1, -0.05) is 6.42 Å². The van der Waals surface area contributed by atoms with Crippen molar-refractivity contribution in [3.05, 3.63) is 39.3 Å². The number of thiophene rings is 1. The number of hydrogen-bond acceptors (Lipinski definition) is 3. The van der Waals surface area contributed by atoms with Crippen LogP contribution in [0.4, 0.5) is 0 Å². The summed E-state index contributed by atoms with van der Waals surface area (Å²) in [5, 5.41) is 4.23. The number of nitrogens with zero attached hydrogens (tertiary/aromatic N) is 2. The summed E-state index contributed by atoms with van der Waals surface area (Å²) in [6, 6.07) is 2.14. The number of fused-ring (bicyclic) bond motifs is 1. The molecular formula is C16H20N2OS. The Morgan fingerprint density at radius 2 is 2.20 bits per heavy atom. The second kappa shape index (κ2) is 5.92. The van der Waals surface area contributed by atoms with Crippen molar-refractivity contribution in [3.63, 3.8) is 0 Å². The van der Waals surface area contributed by atoms with Gasteiger partial charge < -0.3 is 0 Å². The van der Waals surface area contributed by atoms with E-state index in [1.807, 2.05) is 10.9 Å². The van der Waals surface area contributed by atoms with E-state index >= 15 is 0 Å². The molecule has 0 aromatic carbocycles. The first-order valence-corrected chi connectivity index (χ1v) is 8.24. The van der Waals surface area contributed by atoms with Crippen molar-refractivity contribution >= 4 is 17.1 Å². The van der Waals surface area contributed by atoms with Gasteiger partial charge in [-0.05, 0) is 49.8 Å². The van der Waals surface area contributed by atoms with Gasteiger partial charge in [0.15, 0.2) is 5.78 Å². The molecule has 0 spiro atoms. The maximum absolute atomic E-state index is 12.4. The molecule has 0 unspecified atom stereocenters. The number of carbonyl (C=O) groups excluding carboxylic acids is 1. The monoisotopic (exact) mass is 288 g/mol. The molecule has 2 aromatic rings. The lowest BCUT2D eigenvalue weighted by atomic mass is 10.1. The average Bonchev–Trinajstić information content (AvgIpc) is 3.01. The SMILES string of the molecule is CCn1cc(CC(=O)c2cc3c(s2)CCCCC3)cn1. The highest BCUT2D eigenvalue weighted by atomic mass is 32.1. The van der Waals surface area contributed by atoms with Gasteiger partial charge in [0.2, 0.25) is 0 Å². The van der Waals surface area contributed by atoms with Gasteiger partial charge in [-0.15, -0.1) is 11.3 Å². The summed E-state index contributed by atoms with van der Waals surface area (Å²) in [7, 11) is 0. The Hall–Kier alpha value is -1.42. The third-order valence-corrected chi connectivity index (χ3v) is 5.17. The van der Waals surface area contributed by atoms with Crippen molar-refractivity contribution in [1.29, 1.82) is 0 Å². The standard InChI is InChI=1S/C16H20N2OS/c1-2-18-11-12(10-17-18)8-14(19)16-9-13-6-4-3-5-7-15(13)20-16/h9-11H,2-8H2,1H3. The number of hydrogen-bond donors (Lipinski definition) is 0. The van der Waals surface area contributed by atoms with Gasteiger partial charge >= 0.3 is 0 Å². The predicted molar refractivity (Wildman–Crippen MR) is 81.5 cm³/mol. The fraction of sp³-hybridized carbons (Fsp3) is 0.500. The van der Waals surface area contributed by atoms with Crippen LogP contribution in [0.1, 0.15) is 51.9 Å². The highest BCUT2D eigenvalue weighted by molar-refractivity contribution is 7.14. The summed E-state index contributed by atoms with van der Waals surface area (Å²) in [6.07, 6.45) is 10.4. The number of aryl methyl sites for hydroxylation is 3. The maximum atomic E-state index is 12.4. The Morgan fingerprint density at radius 1 is 1.35 bits per heavy atom. The summed E-state index contributed by atoms with van der Waals surface area (Å²) in [5.74, 6) is 0.235. The lowest BCUT2D eigenvalue weighted by molar-refractivity contribution is 0.0996. The van der Waals surface area contributed by atoms with E-state index in [1.54, 1.807) is 17.5 Å². The molecule has 0 saturated carbocycles. The Bertz CT molecular complexity index is 588. The fourth-order valence-corrected chi connectivity index (χ4v) is 3.94. The van der Waals surface area contributed by atoms with Gasteiger partial charge in [-0.3, -0.25) is 9.48 Å². The number of carbonyl (C=O) groups is 1. The summed E-state index contributed by atoms with van der Waals surface area (Å²) < 4.78 is 1.87. The van der Waals surface area contributed by atoms with Crippen molar-refractivity contribution in [1.82, 2.24) is 9.78 Å². The van der Waals surface area contributed by atoms with Crippen molar-refractivity contribution in [2.45, 2.75) is 52.0 Å². The van der Waals surface area contributed by atoms with Crippen LogP contribution >= 0.6 is 11.3 Å². The second-order valence-corrected chi connectivity index (χ2v) is 6.56. The number of Topliss-reactive ketones (excluding diaryl/α,β-unsaturated/α-hetero) is 1. The van der Waals surface area contributed by atoms with Crippen molar-refractivity contribution in [3.8, 4) is 0 Å². The number of aromatic nitrogens is 2. The molecule has 106 valence electrons. The lowest BCUT2D eigenvalue weighted by Crippen LogP contribution is -2.00. The van der Waals surface area contributed by atoms with Gasteiger partial charge in [0.05, 0.1) is 11.1 Å². The number of rotatable bonds is 4. The third-order valence-electron chi connectivity index (χ3n) is 3.90. The largest absolute Gasteiger partial charge is 0.293 e. The summed E-state index contributed by atoms with van der Waals surface area (Å²) in [5.41, 5.74) is 2.43. The van der Waals surface area contributed by atoms with Gasteiger partial charge in [-0.2, -0.15) is 5.10 Å². The normalized spacial score (nSPS) is 14.8. The Kier molecular flexibility index (Phi) is 4.01. The zero-order chi connectivity index (χ0) is 13.9. The molecule has 0 aliphatic heterocycles. The molecule has 0 N–H and O–H groups in total. The molecule has 3 nitrogen and oxygen atoms in total. The van der Waals surface area contributed by atoms with Crippen LogP contribution in [-0.2, 0) is 25.8 Å². The highest BCUT2D eigenvalue weighted by Gasteiger charge is 2.17. The molecule has 0 radical (unpaired) electrons. The maximum Gasteiger partial charge on any atom is 0.177 e. The minimum absolute atomic E-state index is 0.235. The third kappa shape index (κ3) is 2.85. The topological polar surface area (TPSA) is 34.9 Å². The lowest BCUT2D eigenvalue weighted by Gasteiger charge is -1.96. The smallest absolute Gasteiger partial charge is 0.177 e. The van der Waals surface area contributed by atoms with Gasteiger partial charge in [0.25, 0.3) is 0 Å². The summed E-state index contributed by atoms with van der Waals surface area (Å²) in [6.45, 7) is 2.90. The Morgan fingerprint density at radius 3 is 3.00 bits per heavy atom. The van der Waals surface area contributed by atoms with Crippen LogP contribution in [0.25, 0.3) is 0 Å². The van der Waals surface area contributed by atoms with Crippen molar-refractivity contribution < 1.29 is 4.79 Å². The van der Waals surface area contributed by atoms with Gasteiger partial charge in [-0.25, -0.2) is 0 Å². The molecule has 4 heteroatoms. The van der Waals surface area contributed by atoms with E-state index in [-0.39, 0.29) is 5.78 Å². The van der Waals surface area contributed by atoms with Crippen LogP contribution in [0.15, 0.2) is 18.5 Å². The molecule has 2 heterocycles. The minimum atomic E-state index is 0.235. The molecule has 0 saturated heterocycles. The molecule has 3 rings (SSSR count). The van der Waals surface area contributed by atoms with Gasteiger partial charge in [0, 0.05) is 24.0 Å². The van der Waals surface area contributed by atoms with Crippen LogP contribution < -0.4 is 0 Å². The average molecular weight is 288 g/mol. The van der Waals surface area contributed by atoms with E-state index in [4.69, 9.17) is 0 Å². The Balaban J connectivity index is 1.74. The first-order valence-electron chi connectivity index (χ1n) is 7.42. The van der Waals surface area contributed by atoms with E-state index < -0.39 is 0 Å². The minimum Gasteiger partial charge on any atom is -0.293 e. The van der Waals surface area contributed by atoms with Crippen LogP contribution in [-0.4, -0.2) is 15.6 Å². The zero-order valence-electron chi connectivity index (χ0n) is 11.9. The van der Waals surface area contributed by atoms with Crippen LogP contribution in [0, 0.1) is 0 Å². The quantitative estimate of drug-likeness (QED) is 0.635. The molecule has 1 aliphatic rings. The van der Waals surface area contributed by atoms with E-state index in [0.29, 0.717) is 6.42 Å². The van der Waals surface area contributed by atoms with E-state index in [0.717, 1.165) is 29.8 Å². The predicted octanol–water partition coefficient (Wildman–Crippen LogP) is 3.66. The Labute approximate surface area is 123 Å². The van der Waals surface area contributed by atoms with Crippen LogP contribution in [0.5, 0.6) is 0 Å². The van der Waals surface area contributed by atoms with E-state index in [2.05, 4.69) is 18.1 Å². The summed E-state index contributed by atoms with van der Waals surface area (Å²) >= 11 is 1.71. The van der Waals surface area contributed by atoms with E-state index in [9.17, 15) is 4.79 Å². The molecular weight excluding hydrogens is 268 g/mol. The molecule has 0 amide bonds. The molecule has 1 aliphatic carbocycles. The fourth-order valence-electron chi connectivity index (χ4n) is 2.75. The molecule has 2 aromatic heterocycles. The van der Waals surface area contributed by atoms with Gasteiger partial charge in [0.1, 0.15) is 0 Å². The molecule has 0 bridgehead atoms. The second-order valence-electron chi connectivity index (χ2n) is 5.42. The van der Waals surface area contributed by atoms with Crippen LogP contribution in [0.3, 0.4) is 0 Å².